The SMILES string of the molecule is CCCC(=CN=C=O)N=C=O. The molecule has 0 rings (SSSR count). The molecule has 0 saturated heterocycles. The van der Waals surface area contributed by atoms with Gasteiger partial charge in [0.2, 0.25) is 12.2 Å². The van der Waals surface area contributed by atoms with Crippen LogP contribution in [0.3, 0.4) is 0 Å². The van der Waals surface area contributed by atoms with E-state index in [0.717, 1.165) is 6.42 Å². The molecule has 0 atom stereocenters. The second kappa shape index (κ2) is 6.62. The lowest BCUT2D eigenvalue weighted by atomic mass is 10.3. The van der Waals surface area contributed by atoms with Gasteiger partial charge in [-0.1, -0.05) is 13.3 Å². The van der Waals surface area contributed by atoms with E-state index < -0.39 is 0 Å². The summed E-state index contributed by atoms with van der Waals surface area (Å²) in [5, 5.41) is 0. The smallest absolute Gasteiger partial charge is 0.211 e. The molecule has 0 aliphatic carbocycles. The first-order valence-electron chi connectivity index (χ1n) is 3.19. The highest BCUT2D eigenvalue weighted by atomic mass is 16.1. The molecule has 58 valence electrons. The molecule has 4 nitrogen and oxygen atoms in total. The fourth-order valence-electron chi connectivity index (χ4n) is 0.565. The number of carbonyl (C=O) groups excluding carboxylic acids is 2. The van der Waals surface area contributed by atoms with Crippen LogP contribution in [-0.4, -0.2) is 12.2 Å². The van der Waals surface area contributed by atoms with E-state index in [0.29, 0.717) is 12.1 Å². The number of hydrogen-bond donors (Lipinski definition) is 0. The summed E-state index contributed by atoms with van der Waals surface area (Å²) < 4.78 is 0. The van der Waals surface area contributed by atoms with Gasteiger partial charge in [-0.3, -0.25) is 0 Å². The Morgan fingerprint density at radius 2 is 2.18 bits per heavy atom. The van der Waals surface area contributed by atoms with Gasteiger partial charge in [-0.05, 0) is 6.42 Å². The number of rotatable bonds is 4. The zero-order valence-electron chi connectivity index (χ0n) is 6.20. The average Bonchev–Trinajstić information content (AvgIpc) is 2.01. The lowest BCUT2D eigenvalue weighted by Crippen LogP contribution is -1.76. The van der Waals surface area contributed by atoms with Crippen molar-refractivity contribution < 1.29 is 9.59 Å². The summed E-state index contributed by atoms with van der Waals surface area (Å²) in [5.74, 6) is 0. The Kier molecular flexibility index (Phi) is 5.72. The summed E-state index contributed by atoms with van der Waals surface area (Å²) in [6.45, 7) is 1.93. The van der Waals surface area contributed by atoms with Crippen molar-refractivity contribution in [3.05, 3.63) is 11.9 Å². The highest BCUT2D eigenvalue weighted by Gasteiger charge is 1.90. The van der Waals surface area contributed by atoms with Crippen LogP contribution in [0.1, 0.15) is 19.8 Å². The molecule has 0 heterocycles. The van der Waals surface area contributed by atoms with Crippen LogP contribution in [0.5, 0.6) is 0 Å². The van der Waals surface area contributed by atoms with Crippen LogP contribution in [0.2, 0.25) is 0 Å². The third-order valence-corrected chi connectivity index (χ3v) is 0.962. The molecular weight excluding hydrogens is 144 g/mol. The first kappa shape index (κ1) is 9.50. The molecule has 0 amide bonds. The van der Waals surface area contributed by atoms with Crippen molar-refractivity contribution in [1.29, 1.82) is 0 Å². The predicted molar refractivity (Wildman–Crippen MR) is 39.2 cm³/mol. The second-order valence-electron chi connectivity index (χ2n) is 1.79. The van der Waals surface area contributed by atoms with Crippen molar-refractivity contribution >= 4 is 12.2 Å². The van der Waals surface area contributed by atoms with Gasteiger partial charge in [-0.15, -0.1) is 0 Å². The van der Waals surface area contributed by atoms with Crippen molar-refractivity contribution in [2.24, 2.45) is 9.98 Å². The van der Waals surface area contributed by atoms with Gasteiger partial charge in [0, 0.05) is 0 Å². The van der Waals surface area contributed by atoms with Gasteiger partial charge in [0.15, 0.2) is 0 Å². The van der Waals surface area contributed by atoms with Crippen LogP contribution in [0, 0.1) is 0 Å². The summed E-state index contributed by atoms with van der Waals surface area (Å²) >= 11 is 0. The molecule has 11 heavy (non-hydrogen) atoms. The number of aliphatic imine (C=N–C) groups is 2. The maximum Gasteiger partial charge on any atom is 0.240 e. The molecule has 0 aromatic carbocycles. The molecule has 0 aliphatic heterocycles. The van der Waals surface area contributed by atoms with E-state index in [2.05, 4.69) is 9.98 Å². The third kappa shape index (κ3) is 4.97. The minimum Gasteiger partial charge on any atom is -0.211 e. The Bertz CT molecular complexity index is 233. The fraction of sp³-hybridized carbons (Fsp3) is 0.429. The molecule has 0 radical (unpaired) electrons. The summed E-state index contributed by atoms with van der Waals surface area (Å²) in [6, 6.07) is 0. The number of isocyanates is 2. The van der Waals surface area contributed by atoms with Gasteiger partial charge >= 0.3 is 0 Å². The Hall–Kier alpha value is -1.50. The number of allylic oxidation sites excluding steroid dienone is 1. The standard InChI is InChI=1S/C7H8N2O2/c1-2-3-7(9-6-11)4-8-5-10/h4H,2-3H2,1H3. The quantitative estimate of drug-likeness (QED) is 0.450. The van der Waals surface area contributed by atoms with Crippen LogP contribution in [-0.2, 0) is 9.59 Å². The first-order chi connectivity index (χ1) is 5.35. The summed E-state index contributed by atoms with van der Waals surface area (Å²) in [7, 11) is 0. The van der Waals surface area contributed by atoms with Gasteiger partial charge < -0.3 is 0 Å². The Morgan fingerprint density at radius 3 is 2.64 bits per heavy atom. The largest absolute Gasteiger partial charge is 0.240 e. The molecule has 0 N–H and O–H groups in total. The molecule has 0 unspecified atom stereocenters. The van der Waals surface area contributed by atoms with E-state index in [1.54, 1.807) is 0 Å². The zero-order valence-corrected chi connectivity index (χ0v) is 6.20. The Morgan fingerprint density at radius 1 is 1.45 bits per heavy atom. The van der Waals surface area contributed by atoms with Crippen LogP contribution >= 0.6 is 0 Å². The summed E-state index contributed by atoms with van der Waals surface area (Å²) in [6.07, 6.45) is 5.36. The lowest BCUT2D eigenvalue weighted by Gasteiger charge is -1.90. The van der Waals surface area contributed by atoms with Crippen molar-refractivity contribution in [3.8, 4) is 0 Å². The van der Waals surface area contributed by atoms with Crippen molar-refractivity contribution in [2.75, 3.05) is 0 Å². The highest BCUT2D eigenvalue weighted by Crippen LogP contribution is 2.04. The molecule has 0 bridgehead atoms. The molecule has 0 saturated carbocycles. The first-order valence-corrected chi connectivity index (χ1v) is 3.19. The monoisotopic (exact) mass is 152 g/mol. The van der Waals surface area contributed by atoms with Gasteiger partial charge in [0.25, 0.3) is 0 Å². The van der Waals surface area contributed by atoms with E-state index in [1.807, 2.05) is 6.92 Å². The molecule has 0 fully saturated rings. The van der Waals surface area contributed by atoms with Gasteiger partial charge in [-0.25, -0.2) is 9.59 Å². The Balaban J connectivity index is 4.30. The molecular formula is C7H8N2O2. The van der Waals surface area contributed by atoms with Crippen molar-refractivity contribution in [2.45, 2.75) is 19.8 Å². The Labute approximate surface area is 64.4 Å². The number of hydrogen-bond acceptors (Lipinski definition) is 4. The lowest BCUT2D eigenvalue weighted by molar-refractivity contribution is 0.563. The normalized spacial score (nSPS) is 9.73. The van der Waals surface area contributed by atoms with E-state index in [1.165, 1.54) is 18.4 Å². The van der Waals surface area contributed by atoms with E-state index in [9.17, 15) is 9.59 Å². The molecule has 0 aliphatic rings. The van der Waals surface area contributed by atoms with Crippen molar-refractivity contribution in [3.63, 3.8) is 0 Å². The fourth-order valence-corrected chi connectivity index (χ4v) is 0.565. The minimum absolute atomic E-state index is 0.450. The molecule has 4 heteroatoms. The molecule has 0 spiro atoms. The predicted octanol–water partition coefficient (Wildman–Crippen LogP) is 1.30. The second-order valence-corrected chi connectivity index (χ2v) is 1.79. The molecule has 0 aromatic heterocycles. The maximum absolute atomic E-state index is 9.78. The summed E-state index contributed by atoms with van der Waals surface area (Å²) in [5.41, 5.74) is 0.450. The van der Waals surface area contributed by atoms with Crippen molar-refractivity contribution in [1.82, 2.24) is 0 Å². The van der Waals surface area contributed by atoms with E-state index in [-0.39, 0.29) is 0 Å². The topological polar surface area (TPSA) is 58.9 Å². The van der Waals surface area contributed by atoms with Gasteiger partial charge in [0.1, 0.15) is 0 Å². The van der Waals surface area contributed by atoms with Crippen LogP contribution in [0.25, 0.3) is 0 Å². The average molecular weight is 152 g/mol. The van der Waals surface area contributed by atoms with E-state index in [4.69, 9.17) is 0 Å². The highest BCUT2D eigenvalue weighted by molar-refractivity contribution is 5.38. The van der Waals surface area contributed by atoms with E-state index >= 15 is 0 Å². The minimum atomic E-state index is 0.450. The zero-order chi connectivity index (χ0) is 8.53. The number of nitrogens with zero attached hydrogens (tertiary/aromatic N) is 2. The van der Waals surface area contributed by atoms with Crippen LogP contribution < -0.4 is 0 Å². The molecule has 0 aromatic rings. The van der Waals surface area contributed by atoms with Crippen LogP contribution in [0.15, 0.2) is 21.9 Å². The third-order valence-electron chi connectivity index (χ3n) is 0.962. The van der Waals surface area contributed by atoms with Gasteiger partial charge in [-0.2, -0.15) is 9.98 Å². The van der Waals surface area contributed by atoms with Crippen LogP contribution in [0.4, 0.5) is 0 Å². The maximum atomic E-state index is 9.78. The summed E-state index contributed by atoms with van der Waals surface area (Å²) in [4.78, 5) is 25.9. The van der Waals surface area contributed by atoms with Gasteiger partial charge in [0.05, 0.1) is 11.9 Å².